The van der Waals surface area contributed by atoms with Gasteiger partial charge in [-0.3, -0.25) is 0 Å². The molecule has 0 aliphatic heterocycles. The molecule has 0 N–H and O–H groups in total. The Morgan fingerprint density at radius 2 is 0.909 bits per heavy atom. The monoisotopic (exact) mass is 183 g/mol. The Morgan fingerprint density at radius 1 is 0.727 bits per heavy atom. The van der Waals surface area contributed by atoms with Crippen LogP contribution in [0.3, 0.4) is 0 Å². The van der Waals surface area contributed by atoms with Crippen molar-refractivity contribution in [2.24, 2.45) is 0 Å². The number of rotatable bonds is 3. The Bertz CT molecular complexity index is 103. The van der Waals surface area contributed by atoms with Crippen LogP contribution >= 0.6 is 0 Å². The van der Waals surface area contributed by atoms with Crippen molar-refractivity contribution in [2.45, 2.75) is 12.7 Å². The number of hydrogen-bond acceptors (Lipinski definition) is 3. The summed E-state index contributed by atoms with van der Waals surface area (Å²) >= 11 is 0. The van der Waals surface area contributed by atoms with E-state index in [1.807, 2.05) is 0 Å². The average Bonchev–Trinajstić information content (AvgIpc) is 1.84. The molecule has 0 saturated heterocycles. The van der Waals surface area contributed by atoms with Crippen LogP contribution in [0.1, 0.15) is 6.92 Å². The van der Waals surface area contributed by atoms with Gasteiger partial charge in [0.15, 0.2) is 0 Å². The maximum atomic E-state index is 11.4. The first kappa shape index (κ1) is 10.5. The quantitative estimate of drug-likeness (QED) is 0.375. The van der Waals surface area contributed by atoms with Crippen LogP contribution in [0.5, 0.6) is 0 Å². The van der Waals surface area contributed by atoms with E-state index in [-0.39, 0.29) is 6.92 Å². The van der Waals surface area contributed by atoms with Crippen molar-refractivity contribution in [2.75, 3.05) is 0 Å². The average molecular weight is 183 g/mol. The first-order valence-corrected chi connectivity index (χ1v) is 2.19. The fourth-order valence-corrected chi connectivity index (χ4v) is 0.171. The van der Waals surface area contributed by atoms with Gasteiger partial charge in [0.1, 0.15) is 0 Å². The smallest absolute Gasteiger partial charge is 0.0977 e. The Kier molecular flexibility index (Phi) is 3.08. The van der Waals surface area contributed by atoms with Gasteiger partial charge in [0.05, 0.1) is 16.0 Å². The van der Waals surface area contributed by atoms with Crippen molar-refractivity contribution in [1.29, 1.82) is 0 Å². The fraction of sp³-hybridized carbons (Fsp3) is 1.00. The topological polar surface area (TPSA) is 9.72 Å². The lowest BCUT2D eigenvalue weighted by molar-refractivity contribution is -0.471. The highest BCUT2D eigenvalue weighted by molar-refractivity contribution is 4.59. The van der Waals surface area contributed by atoms with E-state index >= 15 is 0 Å². The molecule has 0 aliphatic rings. The molecule has 0 aromatic heterocycles. The van der Waals surface area contributed by atoms with E-state index in [1.54, 1.807) is 0 Å². The lowest BCUT2D eigenvalue weighted by Crippen LogP contribution is -2.53. The highest BCUT2D eigenvalue weighted by Crippen LogP contribution is 2.27. The zero-order chi connectivity index (χ0) is 9.23. The minimum Gasteiger partial charge on any atom is -0.0977 e. The zero-order valence-corrected chi connectivity index (χ0v) is 5.11. The van der Waals surface area contributed by atoms with E-state index in [9.17, 15) is 26.9 Å². The van der Waals surface area contributed by atoms with Gasteiger partial charge >= 0.3 is 5.79 Å². The van der Waals surface area contributed by atoms with Gasteiger partial charge in [-0.2, -0.15) is 0 Å². The number of hydrogen-bond donors (Lipinski definition) is 0. The first-order chi connectivity index (χ1) is 4.83. The molecule has 0 unspecified atom stereocenters. The molecule has 0 bridgehead atoms. The minimum atomic E-state index is -4.00. The maximum absolute atomic E-state index is 11.4. The Balaban J connectivity index is 4.53. The molecule has 0 spiro atoms. The van der Waals surface area contributed by atoms with E-state index in [2.05, 4.69) is 0 Å². The second kappa shape index (κ2) is 3.24. The minimum absolute atomic E-state index is 0.0625. The summed E-state index contributed by atoms with van der Waals surface area (Å²) in [6, 6.07) is 0. The first-order valence-electron chi connectivity index (χ1n) is 2.19. The molecule has 0 rings (SSSR count). The molecule has 0 amide bonds. The van der Waals surface area contributed by atoms with E-state index in [0.717, 1.165) is 0 Å². The maximum Gasteiger partial charge on any atom is 0.303 e. The van der Waals surface area contributed by atoms with Crippen molar-refractivity contribution in [3.05, 3.63) is 0 Å². The van der Waals surface area contributed by atoms with Gasteiger partial charge < -0.3 is 0 Å². The summed E-state index contributed by atoms with van der Waals surface area (Å²) in [5, 5.41) is -6.94. The van der Waals surface area contributed by atoms with Crippen molar-refractivity contribution in [3.63, 3.8) is 0 Å². The molecule has 0 aliphatic carbocycles. The summed E-state index contributed by atoms with van der Waals surface area (Å²) < 4.78 is 68.2. The summed E-state index contributed by atoms with van der Waals surface area (Å²) in [5.74, 6) is -4.00. The van der Waals surface area contributed by atoms with Crippen molar-refractivity contribution < 1.29 is 26.9 Å². The van der Waals surface area contributed by atoms with Crippen LogP contribution in [-0.2, 0) is 0 Å². The largest absolute Gasteiger partial charge is 0.303 e. The molecule has 11 heavy (non-hydrogen) atoms. The third-order valence-electron chi connectivity index (χ3n) is 0.961. The summed E-state index contributed by atoms with van der Waals surface area (Å²) in [4.78, 5) is 0. The molecule has 0 atom stereocenters. The standard InChI is InChI=1S/C2H3F6N3/c1-2(9(3)4,10(5)6)11(7)8/h1H3. The predicted molar refractivity (Wildman–Crippen MR) is 20.6 cm³/mol. The summed E-state index contributed by atoms with van der Waals surface area (Å²) in [7, 11) is 0. The molecular formula is C2H3F6N3. The third kappa shape index (κ3) is 1.73. The molecule has 9 heteroatoms. The molecular weight excluding hydrogens is 180 g/mol. The third-order valence-corrected chi connectivity index (χ3v) is 0.961. The molecule has 0 saturated carbocycles. The van der Waals surface area contributed by atoms with Gasteiger partial charge in [-0.25, -0.2) is 0 Å². The van der Waals surface area contributed by atoms with Crippen LogP contribution < -0.4 is 0 Å². The van der Waals surface area contributed by atoms with Crippen LogP contribution in [0.2, 0.25) is 0 Å². The van der Waals surface area contributed by atoms with Gasteiger partial charge in [0.2, 0.25) is 0 Å². The van der Waals surface area contributed by atoms with E-state index in [1.165, 1.54) is 0 Å². The highest BCUT2D eigenvalue weighted by atomic mass is 19.4. The van der Waals surface area contributed by atoms with Gasteiger partial charge in [-0.15, -0.1) is 0 Å². The number of nitrogens with zero attached hydrogens (tertiary/aromatic N) is 3. The summed E-state index contributed by atoms with van der Waals surface area (Å²) in [5.41, 5.74) is 0. The summed E-state index contributed by atoms with van der Waals surface area (Å²) in [6.45, 7) is -0.0625. The molecule has 68 valence electrons. The second-order valence-corrected chi connectivity index (χ2v) is 1.67. The molecule has 0 aromatic carbocycles. The Hall–Kier alpha value is -0.540. The van der Waals surface area contributed by atoms with Crippen molar-refractivity contribution in [3.8, 4) is 0 Å². The fourth-order valence-electron chi connectivity index (χ4n) is 0.171. The van der Waals surface area contributed by atoms with E-state index in [4.69, 9.17) is 0 Å². The predicted octanol–water partition coefficient (Wildman–Crippen LogP) is 1.87. The van der Waals surface area contributed by atoms with Crippen molar-refractivity contribution in [1.82, 2.24) is 16.0 Å². The lowest BCUT2D eigenvalue weighted by atomic mass is 10.5. The highest BCUT2D eigenvalue weighted by Gasteiger charge is 2.51. The number of halogens is 6. The molecule has 0 heterocycles. The van der Waals surface area contributed by atoms with Crippen LogP contribution in [0.25, 0.3) is 0 Å². The molecule has 0 fully saturated rings. The normalized spacial score (nSPS) is 13.6. The van der Waals surface area contributed by atoms with Crippen molar-refractivity contribution >= 4 is 0 Å². The Morgan fingerprint density at radius 3 is 0.909 bits per heavy atom. The van der Waals surface area contributed by atoms with E-state index in [0.29, 0.717) is 0 Å². The molecule has 0 radical (unpaired) electrons. The lowest BCUT2D eigenvalue weighted by Gasteiger charge is -2.26. The van der Waals surface area contributed by atoms with Gasteiger partial charge in [-0.1, -0.05) is 26.9 Å². The van der Waals surface area contributed by atoms with Gasteiger partial charge in [0.25, 0.3) is 0 Å². The van der Waals surface area contributed by atoms with Crippen LogP contribution in [0.15, 0.2) is 0 Å². The Labute approximate surface area is 57.0 Å². The second-order valence-electron chi connectivity index (χ2n) is 1.67. The molecule has 0 aromatic rings. The van der Waals surface area contributed by atoms with Gasteiger partial charge in [0, 0.05) is 0 Å². The van der Waals surface area contributed by atoms with E-state index < -0.39 is 21.8 Å². The van der Waals surface area contributed by atoms with Crippen LogP contribution in [-0.4, -0.2) is 21.8 Å². The SMILES string of the molecule is CC(N(F)F)(N(F)F)N(F)F. The van der Waals surface area contributed by atoms with Crippen LogP contribution in [0.4, 0.5) is 26.9 Å². The van der Waals surface area contributed by atoms with Crippen LogP contribution in [0, 0.1) is 0 Å². The molecule has 3 nitrogen and oxygen atoms in total. The summed E-state index contributed by atoms with van der Waals surface area (Å²) in [6.07, 6.45) is 0. The zero-order valence-electron chi connectivity index (χ0n) is 5.11. The van der Waals surface area contributed by atoms with Gasteiger partial charge in [-0.05, 0) is 6.92 Å².